The fourth-order valence-electron chi connectivity index (χ4n) is 4.60. The van der Waals surface area contributed by atoms with Gasteiger partial charge in [-0.25, -0.2) is 4.98 Å². The molecule has 5 rings (SSSR count). The van der Waals surface area contributed by atoms with Crippen LogP contribution < -0.4 is 16.4 Å². The van der Waals surface area contributed by atoms with Gasteiger partial charge in [-0.2, -0.15) is 15.3 Å². The number of ether oxygens (including phenoxy) is 1. The second kappa shape index (κ2) is 10.2. The van der Waals surface area contributed by atoms with Crippen molar-refractivity contribution in [1.82, 2.24) is 19.7 Å². The van der Waals surface area contributed by atoms with E-state index in [2.05, 4.69) is 33.0 Å². The van der Waals surface area contributed by atoms with E-state index in [0.717, 1.165) is 74.4 Å². The second-order valence-electron chi connectivity index (χ2n) is 9.08. The Hall–Kier alpha value is -3.48. The van der Waals surface area contributed by atoms with E-state index in [0.29, 0.717) is 23.6 Å². The number of benzene rings is 1. The molecular weight excluding hydrogens is 428 g/mol. The number of aromatic nitrogens is 4. The predicted molar refractivity (Wildman–Crippen MR) is 131 cm³/mol. The first-order chi connectivity index (χ1) is 16.7. The molecule has 9 heteroatoms. The third-order valence-corrected chi connectivity index (χ3v) is 6.65. The molecular formula is C25H30N8O. The van der Waals surface area contributed by atoms with Crippen molar-refractivity contribution < 1.29 is 4.74 Å². The van der Waals surface area contributed by atoms with Gasteiger partial charge < -0.3 is 21.1 Å². The largest absolute Gasteiger partial charge is 0.381 e. The number of nitrogens with zero attached hydrogens (tertiary/aromatic N) is 5. The molecule has 0 bridgehead atoms. The van der Waals surface area contributed by atoms with E-state index in [9.17, 15) is 0 Å². The highest BCUT2D eigenvalue weighted by atomic mass is 16.5. The van der Waals surface area contributed by atoms with Crippen LogP contribution in [0.15, 0.2) is 42.9 Å². The average molecular weight is 459 g/mol. The number of nitriles is 1. The van der Waals surface area contributed by atoms with Crippen LogP contribution in [0, 0.1) is 11.3 Å². The summed E-state index contributed by atoms with van der Waals surface area (Å²) in [5.41, 5.74) is 9.47. The summed E-state index contributed by atoms with van der Waals surface area (Å²) in [5.74, 6) is 1.29. The van der Waals surface area contributed by atoms with E-state index in [1.807, 2.05) is 29.2 Å². The third kappa shape index (κ3) is 5.19. The van der Waals surface area contributed by atoms with E-state index in [-0.39, 0.29) is 6.04 Å². The molecule has 1 aliphatic heterocycles. The Bertz CT molecular complexity index is 1140. The van der Waals surface area contributed by atoms with Gasteiger partial charge in [0.05, 0.1) is 23.9 Å². The normalized spacial score (nSPS) is 21.1. The van der Waals surface area contributed by atoms with Gasteiger partial charge in [0.15, 0.2) is 0 Å². The second-order valence-corrected chi connectivity index (χ2v) is 9.08. The summed E-state index contributed by atoms with van der Waals surface area (Å²) >= 11 is 0. The molecule has 2 aliphatic rings. The standard InChI is InChI=1S/C25H30N8O/c26-13-17-1-5-21(6-2-17)31-25-28-15-23(24(32-25)30-20-7-3-19(27)4-8-20)18-14-29-33(16-18)22-9-11-34-12-10-22/h1-2,5-6,14-16,19-20,22H,3-4,7-12,27H2,(H2,28,30,31,32). The van der Waals surface area contributed by atoms with Crippen LogP contribution in [0.5, 0.6) is 0 Å². The number of nitrogens with one attached hydrogen (secondary N) is 2. The summed E-state index contributed by atoms with van der Waals surface area (Å²) in [5, 5.41) is 20.6. The first kappa shape index (κ1) is 22.3. The molecule has 1 saturated heterocycles. The average Bonchev–Trinajstić information content (AvgIpc) is 3.37. The summed E-state index contributed by atoms with van der Waals surface area (Å²) in [7, 11) is 0. The summed E-state index contributed by atoms with van der Waals surface area (Å²) in [6, 6.07) is 10.3. The highest BCUT2D eigenvalue weighted by Gasteiger charge is 2.22. The molecule has 176 valence electrons. The Morgan fingerprint density at radius 2 is 1.79 bits per heavy atom. The van der Waals surface area contributed by atoms with Crippen molar-refractivity contribution in [2.24, 2.45) is 5.73 Å². The molecule has 0 spiro atoms. The number of hydrogen-bond donors (Lipinski definition) is 3. The van der Waals surface area contributed by atoms with Gasteiger partial charge in [0.2, 0.25) is 5.95 Å². The summed E-state index contributed by atoms with van der Waals surface area (Å²) in [6.45, 7) is 1.55. The Morgan fingerprint density at radius 3 is 2.53 bits per heavy atom. The van der Waals surface area contributed by atoms with E-state index >= 15 is 0 Å². The summed E-state index contributed by atoms with van der Waals surface area (Å²) in [6.07, 6.45) is 11.8. The van der Waals surface area contributed by atoms with E-state index in [4.69, 9.17) is 20.7 Å². The lowest BCUT2D eigenvalue weighted by Gasteiger charge is -2.28. The predicted octanol–water partition coefficient (Wildman–Crippen LogP) is 3.99. The van der Waals surface area contributed by atoms with E-state index in [1.54, 1.807) is 12.1 Å². The SMILES string of the molecule is N#Cc1ccc(Nc2ncc(-c3cnn(C4CCOCC4)c3)c(NC3CCC(N)CC3)n2)cc1. The van der Waals surface area contributed by atoms with Gasteiger partial charge in [0.25, 0.3) is 0 Å². The fraction of sp³-hybridized carbons (Fsp3) is 0.440. The van der Waals surface area contributed by atoms with Gasteiger partial charge in [0.1, 0.15) is 5.82 Å². The van der Waals surface area contributed by atoms with Crippen molar-refractivity contribution in [2.45, 2.75) is 56.7 Å². The molecule has 2 fully saturated rings. The third-order valence-electron chi connectivity index (χ3n) is 6.65. The monoisotopic (exact) mass is 458 g/mol. The minimum Gasteiger partial charge on any atom is -0.381 e. The zero-order chi connectivity index (χ0) is 23.3. The quantitative estimate of drug-likeness (QED) is 0.506. The molecule has 34 heavy (non-hydrogen) atoms. The molecule has 1 saturated carbocycles. The maximum atomic E-state index is 9.03. The van der Waals surface area contributed by atoms with Crippen LogP contribution in [0.4, 0.5) is 17.5 Å². The topological polar surface area (TPSA) is 127 Å². The van der Waals surface area contributed by atoms with Gasteiger partial charge in [0, 0.05) is 54.5 Å². The Balaban J connectivity index is 1.41. The van der Waals surface area contributed by atoms with Gasteiger partial charge >= 0.3 is 0 Å². The first-order valence-electron chi connectivity index (χ1n) is 12.0. The van der Waals surface area contributed by atoms with Crippen molar-refractivity contribution >= 4 is 17.5 Å². The zero-order valence-corrected chi connectivity index (χ0v) is 19.2. The van der Waals surface area contributed by atoms with Crippen molar-refractivity contribution in [1.29, 1.82) is 5.26 Å². The smallest absolute Gasteiger partial charge is 0.229 e. The lowest BCUT2D eigenvalue weighted by atomic mass is 9.91. The van der Waals surface area contributed by atoms with Crippen LogP contribution in [0.1, 0.15) is 50.1 Å². The molecule has 0 radical (unpaired) electrons. The molecule has 3 aromatic rings. The molecule has 0 atom stereocenters. The number of rotatable bonds is 6. The molecule has 0 unspecified atom stereocenters. The molecule has 1 aliphatic carbocycles. The Morgan fingerprint density at radius 1 is 1.03 bits per heavy atom. The van der Waals surface area contributed by atoms with E-state index < -0.39 is 0 Å². The molecule has 0 amide bonds. The number of hydrogen-bond acceptors (Lipinski definition) is 8. The molecule has 2 aromatic heterocycles. The van der Waals surface area contributed by atoms with Crippen LogP contribution in [0.3, 0.4) is 0 Å². The summed E-state index contributed by atoms with van der Waals surface area (Å²) in [4.78, 5) is 9.41. The molecule has 9 nitrogen and oxygen atoms in total. The maximum absolute atomic E-state index is 9.03. The van der Waals surface area contributed by atoms with Gasteiger partial charge in [-0.05, 0) is 62.8 Å². The van der Waals surface area contributed by atoms with Crippen LogP contribution in [0.2, 0.25) is 0 Å². The lowest BCUT2D eigenvalue weighted by Crippen LogP contribution is -2.33. The van der Waals surface area contributed by atoms with Crippen molar-refractivity contribution in [3.63, 3.8) is 0 Å². The minimum absolute atomic E-state index is 0.286. The van der Waals surface area contributed by atoms with Gasteiger partial charge in [-0.1, -0.05) is 0 Å². The summed E-state index contributed by atoms with van der Waals surface area (Å²) < 4.78 is 7.54. The zero-order valence-electron chi connectivity index (χ0n) is 19.2. The van der Waals surface area contributed by atoms with Crippen LogP contribution >= 0.6 is 0 Å². The fourth-order valence-corrected chi connectivity index (χ4v) is 4.60. The Labute approximate surface area is 199 Å². The maximum Gasteiger partial charge on any atom is 0.229 e. The van der Waals surface area contributed by atoms with Gasteiger partial charge in [-0.15, -0.1) is 0 Å². The van der Waals surface area contributed by atoms with E-state index in [1.165, 1.54) is 0 Å². The number of anilines is 3. The molecule has 4 N–H and O–H groups in total. The highest BCUT2D eigenvalue weighted by Crippen LogP contribution is 2.31. The van der Waals surface area contributed by atoms with Crippen molar-refractivity contribution in [2.75, 3.05) is 23.8 Å². The molecule has 3 heterocycles. The first-order valence-corrected chi connectivity index (χ1v) is 12.0. The molecule has 1 aromatic carbocycles. The van der Waals surface area contributed by atoms with Crippen LogP contribution in [-0.4, -0.2) is 45.0 Å². The van der Waals surface area contributed by atoms with Crippen LogP contribution in [-0.2, 0) is 4.74 Å². The number of nitrogens with two attached hydrogens (primary N) is 1. The van der Waals surface area contributed by atoms with Crippen molar-refractivity contribution in [3.8, 4) is 17.2 Å². The minimum atomic E-state index is 0.286. The Kier molecular flexibility index (Phi) is 6.70. The highest BCUT2D eigenvalue weighted by molar-refractivity contribution is 5.75. The lowest BCUT2D eigenvalue weighted by molar-refractivity contribution is 0.0662. The van der Waals surface area contributed by atoms with Crippen LogP contribution in [0.25, 0.3) is 11.1 Å². The van der Waals surface area contributed by atoms with Crippen molar-refractivity contribution in [3.05, 3.63) is 48.4 Å². The van der Waals surface area contributed by atoms with Gasteiger partial charge in [-0.3, -0.25) is 4.68 Å².